The van der Waals surface area contributed by atoms with Crippen molar-refractivity contribution < 1.29 is 33.3 Å². The lowest BCUT2D eigenvalue weighted by Crippen LogP contribution is -2.41. The number of rotatable bonds is 8. The monoisotopic (exact) mass is 613 g/mol. The number of ether oxygens (including phenoxy) is 4. The standard InChI is InChI=1S/C31H24ClN5O7/c32-31-35-25(33)22-26(36-31)37(17-34-22)27-24(44-30(40)20-14-8-3-9-15-20)23(43-29(39)19-12-6-2-7-13-19)21(42-27)16-41-28(38)18-10-4-1-5-11-18/h1-15,17,21,23-24,27H,16H2,(H2,33,35,36)/t21-,23?,24+,27-/m1/s1. The number of imidazole rings is 1. The van der Waals surface area contributed by atoms with Gasteiger partial charge in [-0.3, -0.25) is 4.57 Å². The SMILES string of the molecule is Nc1nc(Cl)nc2c1ncn2[C@@H]1O[C@H](COC(=O)c2ccccc2)C(OC(=O)c2ccccc2)[C@@H]1OC(=O)c1ccccc1. The molecule has 6 rings (SSSR count). The number of nitrogen functional groups attached to an aromatic ring is 1. The van der Waals surface area contributed by atoms with E-state index in [1.54, 1.807) is 91.0 Å². The third-order valence-electron chi connectivity index (χ3n) is 6.87. The Bertz CT molecular complexity index is 1800. The highest BCUT2D eigenvalue weighted by atomic mass is 35.5. The summed E-state index contributed by atoms with van der Waals surface area (Å²) in [6, 6.07) is 24.9. The van der Waals surface area contributed by atoms with Gasteiger partial charge >= 0.3 is 17.9 Å². The Morgan fingerprint density at radius 2 is 1.30 bits per heavy atom. The minimum atomic E-state index is -1.26. The number of carbonyl (C=O) groups excluding carboxylic acids is 3. The smallest absolute Gasteiger partial charge is 0.338 e. The van der Waals surface area contributed by atoms with Crippen LogP contribution in [0, 0.1) is 0 Å². The van der Waals surface area contributed by atoms with E-state index < -0.39 is 42.4 Å². The molecule has 0 saturated carbocycles. The molecule has 222 valence electrons. The van der Waals surface area contributed by atoms with Crippen LogP contribution in [0.1, 0.15) is 37.3 Å². The number of aromatic nitrogens is 4. The lowest BCUT2D eigenvalue weighted by atomic mass is 10.1. The summed E-state index contributed by atoms with van der Waals surface area (Å²) in [6.45, 7) is -0.346. The molecule has 1 aliphatic heterocycles. The Hall–Kier alpha value is -5.33. The molecule has 2 N–H and O–H groups in total. The number of nitrogens with two attached hydrogens (primary N) is 1. The summed E-state index contributed by atoms with van der Waals surface area (Å²) in [5.41, 5.74) is 7.25. The molecule has 0 radical (unpaired) electrons. The summed E-state index contributed by atoms with van der Waals surface area (Å²) in [5, 5.41) is -0.145. The molecule has 5 aromatic rings. The zero-order valence-corrected chi connectivity index (χ0v) is 23.6. The molecular formula is C31H24ClN5O7. The second kappa shape index (κ2) is 12.5. The van der Waals surface area contributed by atoms with Crippen molar-refractivity contribution in [1.29, 1.82) is 0 Å². The van der Waals surface area contributed by atoms with Crippen molar-refractivity contribution in [2.75, 3.05) is 12.3 Å². The van der Waals surface area contributed by atoms with Crippen LogP contribution in [0.25, 0.3) is 11.2 Å². The minimum Gasteiger partial charge on any atom is -0.459 e. The van der Waals surface area contributed by atoms with Crippen LogP contribution < -0.4 is 5.73 Å². The maximum atomic E-state index is 13.4. The number of fused-ring (bicyclic) bond motifs is 1. The minimum absolute atomic E-state index is 0.0231. The van der Waals surface area contributed by atoms with Gasteiger partial charge in [-0.2, -0.15) is 9.97 Å². The highest BCUT2D eigenvalue weighted by Gasteiger charge is 2.52. The lowest BCUT2D eigenvalue weighted by Gasteiger charge is -2.25. The predicted molar refractivity (Wildman–Crippen MR) is 157 cm³/mol. The van der Waals surface area contributed by atoms with Gasteiger partial charge in [0.1, 0.15) is 18.2 Å². The van der Waals surface area contributed by atoms with Crippen LogP contribution in [0.5, 0.6) is 0 Å². The van der Waals surface area contributed by atoms with Gasteiger partial charge in [0, 0.05) is 0 Å². The molecule has 4 atom stereocenters. The first-order chi connectivity index (χ1) is 21.4. The summed E-state index contributed by atoms with van der Waals surface area (Å²) in [5.74, 6) is -2.01. The summed E-state index contributed by atoms with van der Waals surface area (Å²) >= 11 is 6.10. The van der Waals surface area contributed by atoms with Crippen molar-refractivity contribution in [2.24, 2.45) is 0 Å². The molecule has 1 saturated heterocycles. The molecule has 13 heteroatoms. The fraction of sp³-hybridized carbons (Fsp3) is 0.161. The van der Waals surface area contributed by atoms with Gasteiger partial charge in [-0.1, -0.05) is 54.6 Å². The van der Waals surface area contributed by atoms with Gasteiger partial charge in [-0.15, -0.1) is 0 Å². The van der Waals surface area contributed by atoms with E-state index in [0.717, 1.165) is 0 Å². The summed E-state index contributed by atoms with van der Waals surface area (Å²) < 4.78 is 25.3. The molecule has 1 aliphatic rings. The summed E-state index contributed by atoms with van der Waals surface area (Å²) in [7, 11) is 0. The molecular weight excluding hydrogens is 590 g/mol. The largest absolute Gasteiger partial charge is 0.459 e. The average Bonchev–Trinajstić information content (AvgIpc) is 3.62. The van der Waals surface area contributed by atoms with Gasteiger partial charge in [-0.05, 0) is 48.0 Å². The predicted octanol–water partition coefficient (Wildman–Crippen LogP) is 4.27. The Balaban J connectivity index is 1.39. The zero-order chi connectivity index (χ0) is 30.6. The highest BCUT2D eigenvalue weighted by molar-refractivity contribution is 6.28. The number of halogens is 1. The van der Waals surface area contributed by atoms with Crippen molar-refractivity contribution in [3.63, 3.8) is 0 Å². The molecule has 3 aromatic carbocycles. The van der Waals surface area contributed by atoms with E-state index in [1.807, 2.05) is 0 Å². The van der Waals surface area contributed by atoms with E-state index in [1.165, 1.54) is 10.9 Å². The van der Waals surface area contributed by atoms with Gasteiger partial charge < -0.3 is 24.7 Å². The zero-order valence-electron chi connectivity index (χ0n) is 22.9. The number of esters is 3. The van der Waals surface area contributed by atoms with Crippen molar-refractivity contribution in [3.8, 4) is 0 Å². The normalized spacial score (nSPS) is 19.4. The maximum absolute atomic E-state index is 13.4. The van der Waals surface area contributed by atoms with Crippen LogP contribution in [-0.2, 0) is 18.9 Å². The molecule has 3 heterocycles. The number of hydrogen-bond acceptors (Lipinski definition) is 11. The number of nitrogens with zero attached hydrogens (tertiary/aromatic N) is 4. The van der Waals surface area contributed by atoms with Gasteiger partial charge in [0.25, 0.3) is 0 Å². The molecule has 0 aliphatic carbocycles. The Kier molecular flexibility index (Phi) is 8.17. The quantitative estimate of drug-likeness (QED) is 0.151. The van der Waals surface area contributed by atoms with E-state index in [4.69, 9.17) is 36.3 Å². The van der Waals surface area contributed by atoms with Crippen molar-refractivity contribution in [3.05, 3.63) is 119 Å². The second-order valence-corrected chi connectivity index (χ2v) is 10.0. The molecule has 0 bridgehead atoms. The summed E-state index contributed by atoms with van der Waals surface area (Å²) in [6.07, 6.45) is -3.37. The number of benzene rings is 3. The molecule has 12 nitrogen and oxygen atoms in total. The number of anilines is 1. The van der Waals surface area contributed by atoms with Gasteiger partial charge in [-0.25, -0.2) is 19.4 Å². The first-order valence-corrected chi connectivity index (χ1v) is 13.8. The van der Waals surface area contributed by atoms with Crippen LogP contribution in [0.15, 0.2) is 97.3 Å². The van der Waals surface area contributed by atoms with Gasteiger partial charge in [0.15, 0.2) is 29.9 Å². The van der Waals surface area contributed by atoms with E-state index >= 15 is 0 Å². The van der Waals surface area contributed by atoms with Crippen LogP contribution >= 0.6 is 11.6 Å². The second-order valence-electron chi connectivity index (χ2n) is 9.70. The number of hydrogen-bond donors (Lipinski definition) is 1. The van der Waals surface area contributed by atoms with Crippen molar-refractivity contribution >= 4 is 46.5 Å². The third kappa shape index (κ3) is 5.93. The van der Waals surface area contributed by atoms with E-state index in [9.17, 15) is 14.4 Å². The lowest BCUT2D eigenvalue weighted by molar-refractivity contribution is -0.0606. The van der Waals surface area contributed by atoms with Crippen LogP contribution in [0.4, 0.5) is 5.82 Å². The topological polar surface area (TPSA) is 158 Å². The first kappa shape index (κ1) is 28.8. The molecule has 1 unspecified atom stereocenters. The van der Waals surface area contributed by atoms with E-state index in [-0.39, 0.29) is 40.0 Å². The Labute approximate surface area is 255 Å². The Morgan fingerprint density at radius 1 is 0.773 bits per heavy atom. The molecule has 0 amide bonds. The molecule has 0 spiro atoms. The fourth-order valence-corrected chi connectivity index (χ4v) is 4.95. The van der Waals surface area contributed by atoms with E-state index in [0.29, 0.717) is 5.56 Å². The summed E-state index contributed by atoms with van der Waals surface area (Å²) in [4.78, 5) is 51.9. The van der Waals surface area contributed by atoms with Gasteiger partial charge in [0.05, 0.1) is 23.0 Å². The molecule has 1 fully saturated rings. The average molecular weight is 614 g/mol. The van der Waals surface area contributed by atoms with Crippen molar-refractivity contribution in [2.45, 2.75) is 24.5 Å². The maximum Gasteiger partial charge on any atom is 0.338 e. The third-order valence-corrected chi connectivity index (χ3v) is 7.04. The molecule has 2 aromatic heterocycles. The van der Waals surface area contributed by atoms with Crippen LogP contribution in [-0.4, -0.2) is 62.3 Å². The Morgan fingerprint density at radius 3 is 1.86 bits per heavy atom. The first-order valence-electron chi connectivity index (χ1n) is 13.4. The van der Waals surface area contributed by atoms with Gasteiger partial charge in [0.2, 0.25) is 5.28 Å². The van der Waals surface area contributed by atoms with E-state index in [2.05, 4.69) is 15.0 Å². The van der Waals surface area contributed by atoms with Crippen LogP contribution in [0.3, 0.4) is 0 Å². The highest BCUT2D eigenvalue weighted by Crippen LogP contribution is 2.37. The fourth-order valence-electron chi connectivity index (χ4n) is 4.78. The number of carbonyl (C=O) groups is 3. The van der Waals surface area contributed by atoms with Crippen molar-refractivity contribution in [1.82, 2.24) is 19.5 Å². The van der Waals surface area contributed by atoms with Crippen LogP contribution in [0.2, 0.25) is 5.28 Å². The molecule has 44 heavy (non-hydrogen) atoms.